The quantitative estimate of drug-likeness (QED) is 0.512. The van der Waals surface area contributed by atoms with Crippen molar-refractivity contribution in [1.29, 1.82) is 0 Å². The number of hydrogen-bond acceptors (Lipinski definition) is 3. The fourth-order valence-corrected chi connectivity index (χ4v) is 1.20. The minimum atomic E-state index is -0.944. The highest BCUT2D eigenvalue weighted by atomic mass is 16.4. The van der Waals surface area contributed by atoms with Gasteiger partial charge in [-0.2, -0.15) is 0 Å². The summed E-state index contributed by atoms with van der Waals surface area (Å²) in [5.41, 5.74) is 4.86. The van der Waals surface area contributed by atoms with E-state index in [0.29, 0.717) is 6.42 Å². The molecular weight excluding hydrogens is 188 g/mol. The van der Waals surface area contributed by atoms with Crippen LogP contribution in [0.2, 0.25) is 0 Å². The summed E-state index contributed by atoms with van der Waals surface area (Å²) in [4.78, 5) is 31.9. The molecule has 0 spiro atoms. The lowest BCUT2D eigenvalue weighted by Crippen LogP contribution is -2.29. The van der Waals surface area contributed by atoms with E-state index in [-0.39, 0.29) is 18.9 Å². The summed E-state index contributed by atoms with van der Waals surface area (Å²) in [5.74, 6) is -2.72. The predicted molar refractivity (Wildman–Crippen MR) is 46.1 cm³/mol. The van der Waals surface area contributed by atoms with Crippen LogP contribution in [0.3, 0.4) is 0 Å². The van der Waals surface area contributed by atoms with Crippen molar-refractivity contribution < 1.29 is 19.5 Å². The van der Waals surface area contributed by atoms with Crippen LogP contribution in [-0.4, -0.2) is 29.4 Å². The van der Waals surface area contributed by atoms with Gasteiger partial charge in [0.25, 0.3) is 0 Å². The second kappa shape index (κ2) is 4.08. The third kappa shape index (κ3) is 2.72. The Balaban J connectivity index is 2.18. The molecule has 1 rings (SSSR count). The number of carboxylic acid groups (broad SMARTS) is 1. The molecule has 0 aliphatic heterocycles. The lowest BCUT2D eigenvalue weighted by atomic mass is 10.3. The lowest BCUT2D eigenvalue weighted by molar-refractivity contribution is -0.140. The summed E-state index contributed by atoms with van der Waals surface area (Å²) in [6.45, 7) is 0.178. The highest BCUT2D eigenvalue weighted by molar-refractivity contribution is 5.89. The van der Waals surface area contributed by atoms with Gasteiger partial charge in [0.05, 0.1) is 11.8 Å². The zero-order valence-electron chi connectivity index (χ0n) is 7.53. The van der Waals surface area contributed by atoms with Gasteiger partial charge in [0.1, 0.15) is 0 Å². The van der Waals surface area contributed by atoms with Gasteiger partial charge in [-0.05, 0) is 6.42 Å². The molecule has 1 fully saturated rings. The zero-order chi connectivity index (χ0) is 10.7. The molecule has 0 aromatic rings. The van der Waals surface area contributed by atoms with E-state index >= 15 is 0 Å². The number of carboxylic acids is 1. The summed E-state index contributed by atoms with van der Waals surface area (Å²) in [7, 11) is 0. The van der Waals surface area contributed by atoms with Crippen LogP contribution in [-0.2, 0) is 14.4 Å². The molecule has 1 aliphatic carbocycles. The van der Waals surface area contributed by atoms with Crippen molar-refractivity contribution in [2.24, 2.45) is 17.6 Å². The Morgan fingerprint density at radius 3 is 2.43 bits per heavy atom. The van der Waals surface area contributed by atoms with Gasteiger partial charge >= 0.3 is 5.97 Å². The van der Waals surface area contributed by atoms with E-state index in [1.807, 2.05) is 0 Å². The van der Waals surface area contributed by atoms with Crippen LogP contribution >= 0.6 is 0 Å². The Labute approximate surface area is 80.5 Å². The van der Waals surface area contributed by atoms with Crippen molar-refractivity contribution in [1.82, 2.24) is 5.32 Å². The molecule has 2 amide bonds. The molecule has 0 unspecified atom stereocenters. The topological polar surface area (TPSA) is 109 Å². The van der Waals surface area contributed by atoms with Crippen LogP contribution in [0.15, 0.2) is 0 Å². The largest absolute Gasteiger partial charge is 0.481 e. The normalized spacial score (nSPS) is 24.0. The summed E-state index contributed by atoms with van der Waals surface area (Å²) in [6, 6.07) is 0. The van der Waals surface area contributed by atoms with E-state index < -0.39 is 23.7 Å². The predicted octanol–water partition coefficient (Wildman–Crippen LogP) is -1.30. The minimum absolute atomic E-state index is 0.0796. The maximum atomic E-state index is 11.2. The van der Waals surface area contributed by atoms with E-state index in [1.54, 1.807) is 0 Å². The molecule has 1 aliphatic rings. The molecule has 4 N–H and O–H groups in total. The van der Waals surface area contributed by atoms with Crippen LogP contribution in [0.1, 0.15) is 12.8 Å². The zero-order valence-corrected chi connectivity index (χ0v) is 7.53. The second-order valence-corrected chi connectivity index (χ2v) is 3.29. The molecule has 1 saturated carbocycles. The maximum Gasteiger partial charge on any atom is 0.307 e. The minimum Gasteiger partial charge on any atom is -0.481 e. The molecule has 0 heterocycles. The van der Waals surface area contributed by atoms with Gasteiger partial charge in [-0.3, -0.25) is 14.4 Å². The summed E-state index contributed by atoms with van der Waals surface area (Å²) < 4.78 is 0. The van der Waals surface area contributed by atoms with Gasteiger partial charge in [0.15, 0.2) is 0 Å². The van der Waals surface area contributed by atoms with Crippen molar-refractivity contribution in [2.45, 2.75) is 12.8 Å². The number of primary amides is 1. The van der Waals surface area contributed by atoms with Crippen molar-refractivity contribution in [3.05, 3.63) is 0 Å². The number of carbonyl (C=O) groups is 3. The summed E-state index contributed by atoms with van der Waals surface area (Å²) in [5, 5.41) is 11.0. The molecule has 0 bridgehead atoms. The average molecular weight is 200 g/mol. The molecule has 0 radical (unpaired) electrons. The van der Waals surface area contributed by atoms with Crippen LogP contribution < -0.4 is 11.1 Å². The van der Waals surface area contributed by atoms with Gasteiger partial charge in [0, 0.05) is 13.0 Å². The summed E-state index contributed by atoms with van der Waals surface area (Å²) >= 11 is 0. The molecule has 78 valence electrons. The number of carbonyl (C=O) groups excluding carboxylic acids is 2. The standard InChI is InChI=1S/C8H12N2O4/c9-6(11)1-2-10-7(12)4-3-5(4)8(13)14/h4-5H,1-3H2,(H2,9,11)(H,10,12)(H,13,14)/t4-,5+/m1/s1. The third-order valence-electron chi connectivity index (χ3n) is 2.12. The van der Waals surface area contributed by atoms with Crippen LogP contribution in [0, 0.1) is 11.8 Å². The summed E-state index contributed by atoms with van der Waals surface area (Å²) in [6.07, 6.45) is 0.466. The fraction of sp³-hybridized carbons (Fsp3) is 0.625. The first-order valence-corrected chi connectivity index (χ1v) is 4.31. The van der Waals surface area contributed by atoms with E-state index in [1.165, 1.54) is 0 Å². The smallest absolute Gasteiger partial charge is 0.307 e. The van der Waals surface area contributed by atoms with Gasteiger partial charge in [-0.1, -0.05) is 0 Å². The SMILES string of the molecule is NC(=O)CCNC(=O)[C@@H]1C[C@@H]1C(=O)O. The Hall–Kier alpha value is -1.59. The number of rotatable bonds is 5. The highest BCUT2D eigenvalue weighted by Crippen LogP contribution is 2.38. The third-order valence-corrected chi connectivity index (χ3v) is 2.12. The molecule has 6 heteroatoms. The van der Waals surface area contributed by atoms with Crippen LogP contribution in [0.25, 0.3) is 0 Å². The molecule has 0 saturated heterocycles. The van der Waals surface area contributed by atoms with Gasteiger partial charge < -0.3 is 16.2 Å². The number of hydrogen-bond donors (Lipinski definition) is 3. The van der Waals surface area contributed by atoms with Gasteiger partial charge in [0.2, 0.25) is 11.8 Å². The number of aliphatic carboxylic acids is 1. The van der Waals surface area contributed by atoms with E-state index in [2.05, 4.69) is 5.32 Å². The number of nitrogens with two attached hydrogens (primary N) is 1. The van der Waals surface area contributed by atoms with Crippen molar-refractivity contribution in [2.75, 3.05) is 6.54 Å². The van der Waals surface area contributed by atoms with Gasteiger partial charge in [-0.25, -0.2) is 0 Å². The van der Waals surface area contributed by atoms with E-state index in [9.17, 15) is 14.4 Å². The Bertz CT molecular complexity index is 277. The first kappa shape index (κ1) is 10.5. The number of nitrogens with one attached hydrogen (secondary N) is 1. The fourth-order valence-electron chi connectivity index (χ4n) is 1.20. The number of amides is 2. The maximum absolute atomic E-state index is 11.2. The second-order valence-electron chi connectivity index (χ2n) is 3.29. The molecule has 14 heavy (non-hydrogen) atoms. The molecule has 6 nitrogen and oxygen atoms in total. The molecule has 0 aromatic carbocycles. The van der Waals surface area contributed by atoms with Crippen molar-refractivity contribution in [3.63, 3.8) is 0 Å². The van der Waals surface area contributed by atoms with Crippen LogP contribution in [0.4, 0.5) is 0 Å². The Kier molecular flexibility index (Phi) is 3.06. The molecule has 0 aromatic heterocycles. The Morgan fingerprint density at radius 2 is 2.00 bits per heavy atom. The highest BCUT2D eigenvalue weighted by Gasteiger charge is 2.48. The van der Waals surface area contributed by atoms with E-state index in [4.69, 9.17) is 10.8 Å². The molecular formula is C8H12N2O4. The van der Waals surface area contributed by atoms with Crippen LogP contribution in [0.5, 0.6) is 0 Å². The average Bonchev–Trinajstić information content (AvgIpc) is 2.81. The van der Waals surface area contributed by atoms with Crippen molar-refractivity contribution in [3.8, 4) is 0 Å². The van der Waals surface area contributed by atoms with Crippen molar-refractivity contribution >= 4 is 17.8 Å². The first-order chi connectivity index (χ1) is 6.52. The Morgan fingerprint density at radius 1 is 1.36 bits per heavy atom. The lowest BCUT2D eigenvalue weighted by Gasteiger charge is -2.01. The monoisotopic (exact) mass is 200 g/mol. The van der Waals surface area contributed by atoms with Gasteiger partial charge in [-0.15, -0.1) is 0 Å². The molecule has 2 atom stereocenters. The first-order valence-electron chi connectivity index (χ1n) is 4.31. The van der Waals surface area contributed by atoms with E-state index in [0.717, 1.165) is 0 Å².